The third-order valence-corrected chi connectivity index (χ3v) is 3.31. The van der Waals surface area contributed by atoms with Gasteiger partial charge in [0.15, 0.2) is 0 Å². The van der Waals surface area contributed by atoms with Gasteiger partial charge in [-0.2, -0.15) is 0 Å². The second kappa shape index (κ2) is 4.41. The standard InChI is InChI=1S/C12H14BrN3O/c1-7-6-8(4-5-9(7)17-3)10-11(13)15-12(14)16(10)2/h4-6H,1-3H3,(H2,14,15). The van der Waals surface area contributed by atoms with Crippen LogP contribution in [0.2, 0.25) is 0 Å². The molecule has 0 saturated heterocycles. The molecule has 0 aliphatic carbocycles. The molecule has 0 fully saturated rings. The van der Waals surface area contributed by atoms with Gasteiger partial charge < -0.3 is 15.0 Å². The Labute approximate surface area is 109 Å². The van der Waals surface area contributed by atoms with E-state index in [9.17, 15) is 0 Å². The third kappa shape index (κ3) is 2.02. The normalized spacial score (nSPS) is 10.6. The Kier molecular flexibility index (Phi) is 3.11. The molecular formula is C12H14BrN3O. The fourth-order valence-electron chi connectivity index (χ4n) is 1.82. The first-order valence-corrected chi connectivity index (χ1v) is 5.96. The van der Waals surface area contributed by atoms with Gasteiger partial charge in [0.25, 0.3) is 0 Å². The molecule has 1 heterocycles. The molecule has 0 radical (unpaired) electrons. The summed E-state index contributed by atoms with van der Waals surface area (Å²) < 4.78 is 7.85. The van der Waals surface area contributed by atoms with Crippen LogP contribution < -0.4 is 10.5 Å². The number of benzene rings is 1. The number of hydrogen-bond donors (Lipinski definition) is 1. The fourth-order valence-corrected chi connectivity index (χ4v) is 2.50. The van der Waals surface area contributed by atoms with Gasteiger partial charge in [-0.25, -0.2) is 4.98 Å². The highest BCUT2D eigenvalue weighted by atomic mass is 79.9. The van der Waals surface area contributed by atoms with Gasteiger partial charge in [0.05, 0.1) is 12.8 Å². The highest BCUT2D eigenvalue weighted by Crippen LogP contribution is 2.32. The zero-order valence-electron chi connectivity index (χ0n) is 9.99. The molecule has 1 aromatic carbocycles. The van der Waals surface area contributed by atoms with Crippen LogP contribution in [0.15, 0.2) is 22.8 Å². The minimum atomic E-state index is 0.486. The molecule has 2 aromatic rings. The van der Waals surface area contributed by atoms with Crippen LogP contribution in [0.1, 0.15) is 5.56 Å². The molecule has 4 nitrogen and oxygen atoms in total. The van der Waals surface area contributed by atoms with Crippen LogP contribution in [-0.4, -0.2) is 16.7 Å². The number of aromatic nitrogens is 2. The quantitative estimate of drug-likeness (QED) is 0.927. The molecule has 2 rings (SSSR count). The molecule has 5 heteroatoms. The molecule has 0 atom stereocenters. The summed E-state index contributed by atoms with van der Waals surface area (Å²) in [5.41, 5.74) is 8.87. The average Bonchev–Trinajstić information content (AvgIpc) is 2.53. The van der Waals surface area contributed by atoms with Gasteiger partial charge in [-0.3, -0.25) is 0 Å². The lowest BCUT2D eigenvalue weighted by atomic mass is 10.1. The molecule has 0 bridgehead atoms. The van der Waals surface area contributed by atoms with Crippen LogP contribution in [-0.2, 0) is 7.05 Å². The van der Waals surface area contributed by atoms with Gasteiger partial charge in [0.1, 0.15) is 10.4 Å². The highest BCUT2D eigenvalue weighted by Gasteiger charge is 2.13. The fraction of sp³-hybridized carbons (Fsp3) is 0.250. The molecule has 17 heavy (non-hydrogen) atoms. The van der Waals surface area contributed by atoms with Crippen molar-refractivity contribution in [3.05, 3.63) is 28.4 Å². The molecule has 0 saturated carbocycles. The monoisotopic (exact) mass is 295 g/mol. The molecule has 0 aliphatic rings. The molecule has 0 aliphatic heterocycles. The Balaban J connectivity index is 2.57. The van der Waals surface area contributed by atoms with E-state index >= 15 is 0 Å². The van der Waals surface area contributed by atoms with Crippen LogP contribution in [0.4, 0.5) is 5.95 Å². The lowest BCUT2D eigenvalue weighted by Crippen LogP contribution is -1.99. The van der Waals surface area contributed by atoms with E-state index in [-0.39, 0.29) is 0 Å². The summed E-state index contributed by atoms with van der Waals surface area (Å²) in [7, 11) is 3.56. The molecule has 0 unspecified atom stereocenters. The topological polar surface area (TPSA) is 53.1 Å². The number of nitrogens with two attached hydrogens (primary N) is 1. The van der Waals surface area contributed by atoms with E-state index in [0.29, 0.717) is 5.95 Å². The first-order chi connectivity index (χ1) is 8.04. The van der Waals surface area contributed by atoms with Gasteiger partial charge in [-0.05, 0) is 46.6 Å². The van der Waals surface area contributed by atoms with Crippen LogP contribution in [0.5, 0.6) is 5.75 Å². The number of anilines is 1. The lowest BCUT2D eigenvalue weighted by molar-refractivity contribution is 0.412. The van der Waals surface area contributed by atoms with E-state index in [0.717, 1.165) is 27.2 Å². The van der Waals surface area contributed by atoms with Crippen molar-refractivity contribution in [2.24, 2.45) is 7.05 Å². The summed E-state index contributed by atoms with van der Waals surface area (Å²) in [4.78, 5) is 4.19. The molecule has 0 spiro atoms. The number of imidazole rings is 1. The molecule has 0 amide bonds. The van der Waals surface area contributed by atoms with Gasteiger partial charge in [-0.1, -0.05) is 0 Å². The lowest BCUT2D eigenvalue weighted by Gasteiger charge is -2.08. The van der Waals surface area contributed by atoms with Gasteiger partial charge >= 0.3 is 0 Å². The third-order valence-electron chi connectivity index (χ3n) is 2.76. The second-order valence-electron chi connectivity index (χ2n) is 3.85. The number of methoxy groups -OCH3 is 1. The van der Waals surface area contributed by atoms with E-state index in [2.05, 4.69) is 27.0 Å². The van der Waals surface area contributed by atoms with E-state index in [4.69, 9.17) is 10.5 Å². The predicted molar refractivity (Wildman–Crippen MR) is 72.0 cm³/mol. The van der Waals surface area contributed by atoms with Crippen LogP contribution in [0, 0.1) is 6.92 Å². The Morgan fingerprint density at radius 3 is 2.59 bits per heavy atom. The summed E-state index contributed by atoms with van der Waals surface area (Å²) in [6.45, 7) is 2.01. The molecule has 1 aromatic heterocycles. The van der Waals surface area contributed by atoms with Crippen molar-refractivity contribution in [1.29, 1.82) is 0 Å². The van der Waals surface area contributed by atoms with Crippen molar-refractivity contribution in [3.8, 4) is 17.0 Å². The second-order valence-corrected chi connectivity index (χ2v) is 4.60. The van der Waals surface area contributed by atoms with Crippen LogP contribution >= 0.6 is 15.9 Å². The maximum atomic E-state index is 5.77. The van der Waals surface area contributed by atoms with Gasteiger partial charge in [0, 0.05) is 12.6 Å². The Hall–Kier alpha value is -1.49. The van der Waals surface area contributed by atoms with Gasteiger partial charge in [-0.15, -0.1) is 0 Å². The number of hydrogen-bond acceptors (Lipinski definition) is 3. The summed E-state index contributed by atoms with van der Waals surface area (Å²) in [6.07, 6.45) is 0. The summed E-state index contributed by atoms with van der Waals surface area (Å²) in [6, 6.07) is 5.99. The first kappa shape index (κ1) is 12.0. The van der Waals surface area contributed by atoms with Gasteiger partial charge in [0.2, 0.25) is 5.95 Å². The van der Waals surface area contributed by atoms with Crippen molar-refractivity contribution in [2.75, 3.05) is 12.8 Å². The number of halogens is 1. The van der Waals surface area contributed by atoms with E-state index < -0.39 is 0 Å². The zero-order valence-corrected chi connectivity index (χ0v) is 11.6. The van der Waals surface area contributed by atoms with Crippen molar-refractivity contribution < 1.29 is 4.74 Å². The number of rotatable bonds is 2. The molecule has 2 N–H and O–H groups in total. The summed E-state index contributed by atoms with van der Waals surface area (Å²) in [5, 5.41) is 0. The van der Waals surface area contributed by atoms with E-state index in [1.54, 1.807) is 7.11 Å². The predicted octanol–water partition coefficient (Wildman–Crippen LogP) is 2.75. The smallest absolute Gasteiger partial charge is 0.201 e. The highest BCUT2D eigenvalue weighted by molar-refractivity contribution is 9.10. The number of ether oxygens (including phenoxy) is 1. The SMILES string of the molecule is COc1ccc(-c2c(Br)nc(N)n2C)cc1C. The maximum Gasteiger partial charge on any atom is 0.201 e. The summed E-state index contributed by atoms with van der Waals surface area (Å²) in [5.74, 6) is 1.36. The van der Waals surface area contributed by atoms with Crippen molar-refractivity contribution >= 4 is 21.9 Å². The van der Waals surface area contributed by atoms with Crippen molar-refractivity contribution in [1.82, 2.24) is 9.55 Å². The average molecular weight is 296 g/mol. The largest absolute Gasteiger partial charge is 0.496 e. The van der Waals surface area contributed by atoms with Crippen LogP contribution in [0.3, 0.4) is 0 Å². The minimum absolute atomic E-state index is 0.486. The Morgan fingerprint density at radius 1 is 1.41 bits per heavy atom. The number of nitrogen functional groups attached to an aromatic ring is 1. The van der Waals surface area contributed by atoms with E-state index in [1.165, 1.54) is 0 Å². The summed E-state index contributed by atoms with van der Waals surface area (Å²) >= 11 is 3.42. The number of aryl methyl sites for hydroxylation is 1. The minimum Gasteiger partial charge on any atom is -0.496 e. The maximum absolute atomic E-state index is 5.77. The molecule has 90 valence electrons. The Morgan fingerprint density at radius 2 is 2.12 bits per heavy atom. The number of nitrogens with zero attached hydrogens (tertiary/aromatic N) is 2. The van der Waals surface area contributed by atoms with Crippen LogP contribution in [0.25, 0.3) is 11.3 Å². The first-order valence-electron chi connectivity index (χ1n) is 5.17. The van der Waals surface area contributed by atoms with Crippen molar-refractivity contribution in [3.63, 3.8) is 0 Å². The van der Waals surface area contributed by atoms with Crippen molar-refractivity contribution in [2.45, 2.75) is 6.92 Å². The van der Waals surface area contributed by atoms with E-state index in [1.807, 2.05) is 30.7 Å². The zero-order chi connectivity index (χ0) is 12.6. The Bertz CT molecular complexity index is 563. The molecular weight excluding hydrogens is 282 g/mol.